The molecule has 1 atom stereocenters. The Kier molecular flexibility index (Phi) is 3.94. The summed E-state index contributed by atoms with van der Waals surface area (Å²) in [6.07, 6.45) is 2.45. The van der Waals surface area contributed by atoms with E-state index in [4.69, 9.17) is 5.10 Å². The molecule has 1 N–H and O–H groups in total. The van der Waals surface area contributed by atoms with Crippen LogP contribution in [0.5, 0.6) is 0 Å². The first-order valence-electron chi connectivity index (χ1n) is 7.19. The van der Waals surface area contributed by atoms with Crippen LogP contribution >= 0.6 is 15.9 Å². The highest BCUT2D eigenvalue weighted by molar-refractivity contribution is 9.10. The van der Waals surface area contributed by atoms with Gasteiger partial charge in [-0.1, -0.05) is 28.1 Å². The maximum atomic E-state index is 4.80. The standard InChI is InChI=1S/C16H20BrN3/c1-11-16(13-5-3-6-14(17)9-13)12(2)20(19-11)15-7-4-8-18-10-15/h3,5-6,9,15,18H,4,7-8,10H2,1-2H3. The maximum Gasteiger partial charge on any atom is 0.0675 e. The highest BCUT2D eigenvalue weighted by atomic mass is 79.9. The summed E-state index contributed by atoms with van der Waals surface area (Å²) in [6.45, 7) is 6.45. The number of nitrogens with zero attached hydrogens (tertiary/aromatic N) is 2. The van der Waals surface area contributed by atoms with Crippen LogP contribution in [0.1, 0.15) is 30.3 Å². The highest BCUT2D eigenvalue weighted by Crippen LogP contribution is 2.31. The Morgan fingerprint density at radius 1 is 1.35 bits per heavy atom. The van der Waals surface area contributed by atoms with Gasteiger partial charge in [0.1, 0.15) is 0 Å². The van der Waals surface area contributed by atoms with E-state index in [-0.39, 0.29) is 0 Å². The number of rotatable bonds is 2. The van der Waals surface area contributed by atoms with Gasteiger partial charge in [0, 0.05) is 22.3 Å². The molecule has 0 saturated carbocycles. The highest BCUT2D eigenvalue weighted by Gasteiger charge is 2.21. The van der Waals surface area contributed by atoms with E-state index in [0.717, 1.165) is 23.3 Å². The molecule has 1 aromatic heterocycles. The fourth-order valence-corrected chi connectivity index (χ4v) is 3.52. The Hall–Kier alpha value is -1.13. The van der Waals surface area contributed by atoms with Crippen LogP contribution in [0, 0.1) is 13.8 Å². The molecule has 2 heterocycles. The zero-order valence-corrected chi connectivity index (χ0v) is 13.6. The van der Waals surface area contributed by atoms with Gasteiger partial charge in [-0.2, -0.15) is 5.10 Å². The van der Waals surface area contributed by atoms with Crippen molar-refractivity contribution in [3.63, 3.8) is 0 Å². The Morgan fingerprint density at radius 3 is 2.90 bits per heavy atom. The zero-order valence-electron chi connectivity index (χ0n) is 12.0. The predicted octanol–water partition coefficient (Wildman–Crippen LogP) is 3.85. The van der Waals surface area contributed by atoms with Crippen LogP contribution in [-0.2, 0) is 0 Å². The van der Waals surface area contributed by atoms with E-state index in [1.807, 2.05) is 0 Å². The second-order valence-corrected chi connectivity index (χ2v) is 6.42. The van der Waals surface area contributed by atoms with Crippen LogP contribution in [0.4, 0.5) is 0 Å². The van der Waals surface area contributed by atoms with E-state index in [9.17, 15) is 0 Å². The molecule has 0 spiro atoms. The van der Waals surface area contributed by atoms with E-state index in [0.29, 0.717) is 6.04 Å². The molecule has 0 bridgehead atoms. The third-order valence-corrected chi connectivity index (χ3v) is 4.55. The third-order valence-electron chi connectivity index (χ3n) is 4.06. The summed E-state index contributed by atoms with van der Waals surface area (Å²) in [7, 11) is 0. The van der Waals surface area contributed by atoms with E-state index >= 15 is 0 Å². The van der Waals surface area contributed by atoms with Crippen molar-refractivity contribution in [2.75, 3.05) is 13.1 Å². The molecule has 4 heteroatoms. The van der Waals surface area contributed by atoms with E-state index < -0.39 is 0 Å². The number of piperidine rings is 1. The smallest absolute Gasteiger partial charge is 0.0675 e. The topological polar surface area (TPSA) is 29.9 Å². The number of nitrogens with one attached hydrogen (secondary N) is 1. The van der Waals surface area contributed by atoms with Crippen molar-refractivity contribution in [2.45, 2.75) is 32.7 Å². The number of hydrogen-bond donors (Lipinski definition) is 1. The summed E-state index contributed by atoms with van der Waals surface area (Å²) in [4.78, 5) is 0. The minimum Gasteiger partial charge on any atom is -0.315 e. The van der Waals surface area contributed by atoms with Gasteiger partial charge < -0.3 is 5.32 Å². The molecule has 1 aliphatic rings. The lowest BCUT2D eigenvalue weighted by Crippen LogP contribution is -2.32. The Bertz CT molecular complexity index is 612. The van der Waals surface area contributed by atoms with Crippen LogP contribution in [0.2, 0.25) is 0 Å². The molecule has 1 fully saturated rings. The number of aryl methyl sites for hydroxylation is 1. The van der Waals surface area contributed by atoms with Crippen molar-refractivity contribution in [3.05, 3.63) is 40.1 Å². The van der Waals surface area contributed by atoms with Crippen molar-refractivity contribution in [2.24, 2.45) is 0 Å². The molecule has 3 rings (SSSR count). The van der Waals surface area contributed by atoms with E-state index in [1.165, 1.54) is 29.7 Å². The quantitative estimate of drug-likeness (QED) is 0.904. The Balaban J connectivity index is 2.02. The van der Waals surface area contributed by atoms with Crippen molar-refractivity contribution in [3.8, 4) is 11.1 Å². The molecule has 3 nitrogen and oxygen atoms in total. The van der Waals surface area contributed by atoms with Crippen LogP contribution in [0.3, 0.4) is 0 Å². The minimum atomic E-state index is 0.489. The summed E-state index contributed by atoms with van der Waals surface area (Å²) < 4.78 is 3.33. The van der Waals surface area contributed by atoms with Gasteiger partial charge in [-0.3, -0.25) is 4.68 Å². The fraction of sp³-hybridized carbons (Fsp3) is 0.438. The molecule has 0 aliphatic carbocycles. The van der Waals surface area contributed by atoms with Gasteiger partial charge in [0.25, 0.3) is 0 Å². The first kappa shape index (κ1) is 13.8. The van der Waals surface area contributed by atoms with Crippen LogP contribution in [-0.4, -0.2) is 22.9 Å². The van der Waals surface area contributed by atoms with Gasteiger partial charge in [0.2, 0.25) is 0 Å². The summed E-state index contributed by atoms with van der Waals surface area (Å²) in [5.41, 5.74) is 4.90. The average Bonchev–Trinajstić information content (AvgIpc) is 2.75. The molecule has 0 radical (unpaired) electrons. The van der Waals surface area contributed by atoms with Gasteiger partial charge >= 0.3 is 0 Å². The van der Waals surface area contributed by atoms with Crippen LogP contribution in [0.25, 0.3) is 11.1 Å². The SMILES string of the molecule is Cc1nn(C2CCCNC2)c(C)c1-c1cccc(Br)c1. The molecule has 20 heavy (non-hydrogen) atoms. The van der Waals surface area contributed by atoms with Gasteiger partial charge in [0.15, 0.2) is 0 Å². The van der Waals surface area contributed by atoms with Gasteiger partial charge in [-0.15, -0.1) is 0 Å². The second-order valence-electron chi connectivity index (χ2n) is 5.50. The van der Waals surface area contributed by atoms with Gasteiger partial charge in [-0.05, 0) is 50.9 Å². The number of aromatic nitrogens is 2. The largest absolute Gasteiger partial charge is 0.315 e. The molecule has 106 valence electrons. The second kappa shape index (κ2) is 5.70. The molecule has 0 amide bonds. The lowest BCUT2D eigenvalue weighted by atomic mass is 10.0. The third kappa shape index (κ3) is 2.54. The van der Waals surface area contributed by atoms with Gasteiger partial charge in [-0.25, -0.2) is 0 Å². The normalized spacial score (nSPS) is 19.2. The number of hydrogen-bond acceptors (Lipinski definition) is 2. The molecule has 1 saturated heterocycles. The lowest BCUT2D eigenvalue weighted by Gasteiger charge is -2.24. The monoisotopic (exact) mass is 333 g/mol. The molecule has 1 unspecified atom stereocenters. The molecule has 1 aliphatic heterocycles. The van der Waals surface area contributed by atoms with E-state index in [1.54, 1.807) is 0 Å². The Labute approximate surface area is 128 Å². The fourth-order valence-electron chi connectivity index (χ4n) is 3.12. The Morgan fingerprint density at radius 2 is 2.20 bits per heavy atom. The van der Waals surface area contributed by atoms with Crippen molar-refractivity contribution in [1.82, 2.24) is 15.1 Å². The molecule has 2 aromatic rings. The summed E-state index contributed by atoms with van der Waals surface area (Å²) in [5.74, 6) is 0. The average molecular weight is 334 g/mol. The molecule has 1 aromatic carbocycles. The maximum absolute atomic E-state index is 4.80. The van der Waals surface area contributed by atoms with E-state index in [2.05, 4.69) is 64.0 Å². The van der Waals surface area contributed by atoms with Gasteiger partial charge in [0.05, 0.1) is 11.7 Å². The minimum absolute atomic E-state index is 0.489. The predicted molar refractivity (Wildman–Crippen MR) is 86.0 cm³/mol. The summed E-state index contributed by atoms with van der Waals surface area (Å²) in [5, 5.41) is 8.27. The summed E-state index contributed by atoms with van der Waals surface area (Å²) in [6, 6.07) is 8.95. The van der Waals surface area contributed by atoms with Crippen molar-refractivity contribution >= 4 is 15.9 Å². The zero-order chi connectivity index (χ0) is 14.1. The van der Waals surface area contributed by atoms with Crippen molar-refractivity contribution in [1.29, 1.82) is 0 Å². The first-order chi connectivity index (χ1) is 9.66. The lowest BCUT2D eigenvalue weighted by molar-refractivity contribution is 0.341. The number of benzene rings is 1. The first-order valence-corrected chi connectivity index (χ1v) is 7.98. The number of halogens is 1. The summed E-state index contributed by atoms with van der Waals surface area (Å²) >= 11 is 3.55. The molecular weight excluding hydrogens is 314 g/mol. The molecular formula is C16H20BrN3. The van der Waals surface area contributed by atoms with Crippen LogP contribution in [0.15, 0.2) is 28.7 Å². The van der Waals surface area contributed by atoms with Crippen LogP contribution < -0.4 is 5.32 Å². The van der Waals surface area contributed by atoms with Crippen molar-refractivity contribution < 1.29 is 0 Å².